The lowest BCUT2D eigenvalue weighted by molar-refractivity contribution is 0.244. The van der Waals surface area contributed by atoms with Crippen LogP contribution >= 0.6 is 0 Å². The van der Waals surface area contributed by atoms with Crippen LogP contribution in [-0.2, 0) is 0 Å². The molecule has 0 bridgehead atoms. The van der Waals surface area contributed by atoms with Gasteiger partial charge in [-0.15, -0.1) is 0 Å². The molecule has 0 saturated heterocycles. The molecule has 170 valence electrons. The van der Waals surface area contributed by atoms with Crippen LogP contribution in [-0.4, -0.2) is 16.2 Å². The highest BCUT2D eigenvalue weighted by Crippen LogP contribution is 2.39. The average Bonchev–Trinajstić information content (AvgIpc) is 3.30. The fourth-order valence-corrected chi connectivity index (χ4v) is 4.09. The molecule has 0 radical (unpaired) electrons. The molecule has 4 aromatic rings. The van der Waals surface area contributed by atoms with Crippen molar-refractivity contribution in [3.63, 3.8) is 0 Å². The maximum absolute atomic E-state index is 14.1. The number of benzene rings is 3. The molecule has 2 amide bonds. The van der Waals surface area contributed by atoms with E-state index in [4.69, 9.17) is 4.52 Å². The fraction of sp³-hybridized carbons (Fsp3) is 0.115. The van der Waals surface area contributed by atoms with E-state index in [0.29, 0.717) is 28.3 Å². The summed E-state index contributed by atoms with van der Waals surface area (Å²) in [6.45, 7) is 3.70. The van der Waals surface area contributed by atoms with Gasteiger partial charge in [-0.2, -0.15) is 4.98 Å². The Balaban J connectivity index is 1.66. The molecule has 0 spiro atoms. The largest absolute Gasteiger partial charge is 0.334 e. The van der Waals surface area contributed by atoms with Gasteiger partial charge in [0.1, 0.15) is 11.6 Å². The summed E-state index contributed by atoms with van der Waals surface area (Å²) >= 11 is 0. The first kappa shape index (κ1) is 21.5. The van der Waals surface area contributed by atoms with Crippen LogP contribution in [0.2, 0.25) is 0 Å². The number of aryl methyl sites for hydroxylation is 1. The summed E-state index contributed by atoms with van der Waals surface area (Å²) < 4.78 is 33.2. The number of aromatic nitrogens is 2. The number of halogens is 2. The molecular weight excluding hydrogens is 438 g/mol. The molecule has 6 nitrogen and oxygen atoms in total. The van der Waals surface area contributed by atoms with Crippen LogP contribution in [0, 0.1) is 18.6 Å². The predicted molar refractivity (Wildman–Crippen MR) is 124 cm³/mol. The van der Waals surface area contributed by atoms with Gasteiger partial charge in [0.2, 0.25) is 5.82 Å². The Kier molecular flexibility index (Phi) is 5.41. The Bertz CT molecular complexity index is 1410. The van der Waals surface area contributed by atoms with Gasteiger partial charge < -0.3 is 9.84 Å². The average molecular weight is 458 g/mol. The maximum atomic E-state index is 14.1. The first-order valence-electron chi connectivity index (χ1n) is 10.6. The van der Waals surface area contributed by atoms with Gasteiger partial charge in [-0.05, 0) is 61.9 Å². The van der Waals surface area contributed by atoms with Crippen molar-refractivity contribution in [2.45, 2.75) is 19.9 Å². The van der Waals surface area contributed by atoms with Crippen molar-refractivity contribution in [2.75, 3.05) is 4.90 Å². The summed E-state index contributed by atoms with van der Waals surface area (Å²) in [6.07, 6.45) is 0. The van der Waals surface area contributed by atoms with Crippen LogP contribution in [0.4, 0.5) is 19.3 Å². The number of nitrogens with one attached hydrogen (secondary N) is 1. The Labute approximate surface area is 194 Å². The van der Waals surface area contributed by atoms with Gasteiger partial charge in [0.15, 0.2) is 0 Å². The van der Waals surface area contributed by atoms with Gasteiger partial charge in [-0.1, -0.05) is 41.1 Å². The molecular formula is C26H20F2N4O2. The molecule has 34 heavy (non-hydrogen) atoms. The van der Waals surface area contributed by atoms with Gasteiger partial charge in [-0.3, -0.25) is 4.90 Å². The Morgan fingerprint density at radius 1 is 0.941 bits per heavy atom. The lowest BCUT2D eigenvalue weighted by atomic mass is 9.94. The third-order valence-electron chi connectivity index (χ3n) is 5.68. The van der Waals surface area contributed by atoms with Crippen LogP contribution in [0.25, 0.3) is 17.0 Å². The Morgan fingerprint density at radius 3 is 2.44 bits per heavy atom. The smallest absolute Gasteiger partial charge is 0.326 e. The van der Waals surface area contributed by atoms with Gasteiger partial charge in [0.05, 0.1) is 17.3 Å². The van der Waals surface area contributed by atoms with E-state index in [9.17, 15) is 13.6 Å². The number of hydrogen-bond donors (Lipinski definition) is 1. The minimum atomic E-state index is -0.731. The highest BCUT2D eigenvalue weighted by molar-refractivity contribution is 6.01. The van der Waals surface area contributed by atoms with Gasteiger partial charge in [-0.25, -0.2) is 13.6 Å². The van der Waals surface area contributed by atoms with Crippen molar-refractivity contribution in [3.8, 4) is 11.4 Å². The van der Waals surface area contributed by atoms with Gasteiger partial charge in [0, 0.05) is 11.3 Å². The zero-order valence-electron chi connectivity index (χ0n) is 18.4. The summed E-state index contributed by atoms with van der Waals surface area (Å²) in [7, 11) is 0. The van der Waals surface area contributed by atoms with Gasteiger partial charge in [0.25, 0.3) is 5.89 Å². The molecule has 1 N–H and O–H groups in total. The van der Waals surface area contributed by atoms with Crippen LogP contribution in [0.3, 0.4) is 0 Å². The minimum absolute atomic E-state index is 0.190. The first-order chi connectivity index (χ1) is 16.4. The summed E-state index contributed by atoms with van der Waals surface area (Å²) in [5.41, 5.74) is 3.84. The highest BCUT2D eigenvalue weighted by atomic mass is 19.1. The van der Waals surface area contributed by atoms with Gasteiger partial charge >= 0.3 is 6.03 Å². The molecule has 1 aliphatic rings. The molecule has 1 unspecified atom stereocenters. The minimum Gasteiger partial charge on any atom is -0.334 e. The molecule has 3 aromatic carbocycles. The molecule has 1 aromatic heterocycles. The lowest BCUT2D eigenvalue weighted by Crippen LogP contribution is -2.46. The molecule has 1 aliphatic heterocycles. The van der Waals surface area contributed by atoms with E-state index < -0.39 is 23.7 Å². The third kappa shape index (κ3) is 3.94. The summed E-state index contributed by atoms with van der Waals surface area (Å²) in [6, 6.07) is 18.0. The normalized spacial score (nSPS) is 16.1. The molecule has 0 aliphatic carbocycles. The second-order valence-corrected chi connectivity index (χ2v) is 8.04. The van der Waals surface area contributed by atoms with E-state index in [0.717, 1.165) is 11.1 Å². The fourth-order valence-electron chi connectivity index (χ4n) is 4.09. The first-order valence-corrected chi connectivity index (χ1v) is 10.6. The van der Waals surface area contributed by atoms with E-state index in [-0.39, 0.29) is 5.89 Å². The summed E-state index contributed by atoms with van der Waals surface area (Å²) in [4.78, 5) is 19.1. The number of nitrogens with zero attached hydrogens (tertiary/aromatic N) is 3. The predicted octanol–water partition coefficient (Wildman–Crippen LogP) is 6.03. The van der Waals surface area contributed by atoms with E-state index in [1.54, 1.807) is 19.1 Å². The van der Waals surface area contributed by atoms with Crippen molar-refractivity contribution in [3.05, 3.63) is 107 Å². The van der Waals surface area contributed by atoms with E-state index in [1.807, 2.05) is 31.2 Å². The zero-order valence-corrected chi connectivity index (χ0v) is 18.4. The number of urea groups is 1. The molecule has 0 saturated carbocycles. The van der Waals surface area contributed by atoms with Crippen LogP contribution in [0.15, 0.2) is 83.0 Å². The standard InChI is InChI=1S/C26H20F2N4O2/c1-15-5-3-7-18(13-15)24-30-25(34-31-24)22-16(2)32(21-11-9-19(27)10-12-21)26(33)29-23(22)17-6-4-8-20(28)14-17/h3-14,23H,1-2H3,(H,29,33). The number of anilines is 1. The topological polar surface area (TPSA) is 71.3 Å². The van der Waals surface area contributed by atoms with Crippen molar-refractivity contribution >= 4 is 17.3 Å². The molecule has 8 heteroatoms. The maximum Gasteiger partial charge on any atom is 0.326 e. The quantitative estimate of drug-likeness (QED) is 0.406. The van der Waals surface area contributed by atoms with Crippen molar-refractivity contribution in [1.29, 1.82) is 0 Å². The van der Waals surface area contributed by atoms with Crippen molar-refractivity contribution in [2.24, 2.45) is 0 Å². The number of carbonyl (C=O) groups is 1. The van der Waals surface area contributed by atoms with Crippen molar-refractivity contribution in [1.82, 2.24) is 15.5 Å². The number of carbonyl (C=O) groups excluding carboxylic acids is 1. The van der Waals surface area contributed by atoms with E-state index >= 15 is 0 Å². The number of allylic oxidation sites excluding steroid dienone is 1. The van der Waals surface area contributed by atoms with Crippen LogP contribution in [0.1, 0.15) is 30.0 Å². The van der Waals surface area contributed by atoms with Crippen molar-refractivity contribution < 1.29 is 18.1 Å². The molecule has 0 fully saturated rings. The van der Waals surface area contributed by atoms with Crippen LogP contribution < -0.4 is 10.2 Å². The molecule has 1 atom stereocenters. The zero-order chi connectivity index (χ0) is 23.8. The van der Waals surface area contributed by atoms with E-state index in [1.165, 1.54) is 41.3 Å². The highest BCUT2D eigenvalue weighted by Gasteiger charge is 2.36. The second-order valence-electron chi connectivity index (χ2n) is 8.04. The van der Waals surface area contributed by atoms with E-state index in [2.05, 4.69) is 15.5 Å². The monoisotopic (exact) mass is 458 g/mol. The summed E-state index contributed by atoms with van der Waals surface area (Å²) in [5.74, 6) is -0.270. The summed E-state index contributed by atoms with van der Waals surface area (Å²) in [5, 5.41) is 7.04. The lowest BCUT2D eigenvalue weighted by Gasteiger charge is -2.35. The Hall–Kier alpha value is -4.33. The Morgan fingerprint density at radius 2 is 1.71 bits per heavy atom. The number of rotatable bonds is 4. The number of amides is 2. The van der Waals surface area contributed by atoms with Crippen LogP contribution in [0.5, 0.6) is 0 Å². The SMILES string of the molecule is CC1=C(c2nc(-c3cccc(C)c3)no2)C(c2cccc(F)c2)NC(=O)N1c1ccc(F)cc1. The number of hydrogen-bond acceptors (Lipinski definition) is 4. The molecule has 5 rings (SSSR count). The second kappa shape index (κ2) is 8.55. The third-order valence-corrected chi connectivity index (χ3v) is 5.68. The molecule has 2 heterocycles.